The molecular formula is C23H27FN4O4. The van der Waals surface area contributed by atoms with Crippen molar-refractivity contribution in [3.05, 3.63) is 46.5 Å². The Bertz CT molecular complexity index is 1110. The van der Waals surface area contributed by atoms with Crippen LogP contribution in [-0.4, -0.2) is 35.0 Å². The molecule has 0 saturated carbocycles. The summed E-state index contributed by atoms with van der Waals surface area (Å²) in [5, 5.41) is 8.09. The summed E-state index contributed by atoms with van der Waals surface area (Å²) in [4.78, 5) is 39.5. The minimum absolute atomic E-state index is 0.0643. The number of aromatic amines is 1. The molecule has 8 nitrogen and oxygen atoms in total. The van der Waals surface area contributed by atoms with Crippen LogP contribution in [0.3, 0.4) is 0 Å². The molecule has 1 aromatic carbocycles. The standard InChI is InChI=1S/C23H27FN4O4/c1-12-18(11-16-15-10-14(24)6-7-17(15)27-21(16)30)26-13(2)20(12)28-19(29)8-9-25-22(31)32-23(3,4)5/h6-7,10-11,26H,8-9H2,1-5H3,(H,25,31)(H,27,30)(H,28,29)/b16-11-. The first-order chi connectivity index (χ1) is 14.9. The van der Waals surface area contributed by atoms with Gasteiger partial charge in [0.15, 0.2) is 0 Å². The molecule has 0 spiro atoms. The molecule has 2 aromatic rings. The zero-order valence-electron chi connectivity index (χ0n) is 18.7. The molecule has 0 aliphatic carbocycles. The van der Waals surface area contributed by atoms with Crippen molar-refractivity contribution in [1.82, 2.24) is 10.3 Å². The Morgan fingerprint density at radius 2 is 1.94 bits per heavy atom. The molecule has 32 heavy (non-hydrogen) atoms. The number of fused-ring (bicyclic) bond motifs is 1. The van der Waals surface area contributed by atoms with E-state index < -0.39 is 17.5 Å². The van der Waals surface area contributed by atoms with E-state index in [1.807, 2.05) is 6.92 Å². The second-order valence-corrected chi connectivity index (χ2v) is 8.59. The van der Waals surface area contributed by atoms with E-state index in [1.165, 1.54) is 18.2 Å². The average molecular weight is 442 g/mol. The lowest BCUT2D eigenvalue weighted by atomic mass is 10.0. The smallest absolute Gasteiger partial charge is 0.407 e. The lowest BCUT2D eigenvalue weighted by molar-refractivity contribution is -0.116. The van der Waals surface area contributed by atoms with Gasteiger partial charge in [0.1, 0.15) is 11.4 Å². The third kappa shape index (κ3) is 5.35. The molecule has 4 N–H and O–H groups in total. The van der Waals surface area contributed by atoms with Crippen molar-refractivity contribution in [3.63, 3.8) is 0 Å². The molecular weight excluding hydrogens is 415 g/mol. The largest absolute Gasteiger partial charge is 0.444 e. The van der Waals surface area contributed by atoms with Gasteiger partial charge in [0.2, 0.25) is 5.91 Å². The Morgan fingerprint density at radius 3 is 2.62 bits per heavy atom. The topological polar surface area (TPSA) is 112 Å². The number of halogens is 1. The first-order valence-electron chi connectivity index (χ1n) is 10.2. The number of aryl methyl sites for hydroxylation is 1. The van der Waals surface area contributed by atoms with E-state index in [2.05, 4.69) is 20.9 Å². The number of aromatic nitrogens is 1. The maximum Gasteiger partial charge on any atom is 0.407 e. The van der Waals surface area contributed by atoms with Crippen LogP contribution in [0.2, 0.25) is 0 Å². The number of rotatable bonds is 5. The van der Waals surface area contributed by atoms with Gasteiger partial charge in [-0.1, -0.05) is 0 Å². The third-order valence-corrected chi connectivity index (χ3v) is 4.81. The molecule has 1 aliphatic heterocycles. The average Bonchev–Trinajstić information content (AvgIpc) is 3.11. The molecule has 2 heterocycles. The number of H-pyrrole nitrogens is 1. The van der Waals surface area contributed by atoms with Gasteiger partial charge in [-0.25, -0.2) is 9.18 Å². The number of hydrogen-bond acceptors (Lipinski definition) is 4. The fourth-order valence-electron chi connectivity index (χ4n) is 3.35. The Hall–Kier alpha value is -3.62. The molecule has 9 heteroatoms. The molecule has 170 valence electrons. The monoisotopic (exact) mass is 442 g/mol. The number of amides is 3. The van der Waals surface area contributed by atoms with Gasteiger partial charge < -0.3 is 25.7 Å². The van der Waals surface area contributed by atoms with Crippen molar-refractivity contribution in [2.24, 2.45) is 0 Å². The molecule has 1 aromatic heterocycles. The fraction of sp³-hybridized carbons (Fsp3) is 0.348. The minimum Gasteiger partial charge on any atom is -0.444 e. The predicted molar refractivity (Wildman–Crippen MR) is 121 cm³/mol. The van der Waals surface area contributed by atoms with E-state index in [4.69, 9.17) is 4.74 Å². The highest BCUT2D eigenvalue weighted by atomic mass is 19.1. The molecule has 0 radical (unpaired) electrons. The van der Waals surface area contributed by atoms with E-state index >= 15 is 0 Å². The number of anilines is 2. The van der Waals surface area contributed by atoms with Crippen LogP contribution in [0.5, 0.6) is 0 Å². The van der Waals surface area contributed by atoms with Gasteiger partial charge in [-0.05, 0) is 64.5 Å². The van der Waals surface area contributed by atoms with Crippen LogP contribution in [0.4, 0.5) is 20.6 Å². The van der Waals surface area contributed by atoms with Crippen LogP contribution in [0.15, 0.2) is 18.2 Å². The van der Waals surface area contributed by atoms with Gasteiger partial charge in [-0.3, -0.25) is 9.59 Å². The van der Waals surface area contributed by atoms with E-state index in [-0.39, 0.29) is 24.8 Å². The van der Waals surface area contributed by atoms with Crippen molar-refractivity contribution in [2.45, 2.75) is 46.6 Å². The Kier molecular flexibility index (Phi) is 6.38. The van der Waals surface area contributed by atoms with E-state index in [0.29, 0.717) is 33.9 Å². The van der Waals surface area contributed by atoms with Crippen molar-refractivity contribution in [2.75, 3.05) is 17.2 Å². The molecule has 0 fully saturated rings. The maximum atomic E-state index is 13.7. The highest BCUT2D eigenvalue weighted by molar-refractivity contribution is 6.34. The molecule has 0 bridgehead atoms. The van der Waals surface area contributed by atoms with Crippen molar-refractivity contribution in [1.29, 1.82) is 0 Å². The summed E-state index contributed by atoms with van der Waals surface area (Å²) in [6.07, 6.45) is 1.12. The van der Waals surface area contributed by atoms with Gasteiger partial charge in [0, 0.05) is 35.6 Å². The zero-order chi connectivity index (χ0) is 23.6. The number of hydrogen-bond donors (Lipinski definition) is 4. The Balaban J connectivity index is 1.69. The van der Waals surface area contributed by atoms with Gasteiger partial charge in [0.25, 0.3) is 5.91 Å². The number of alkyl carbamates (subject to hydrolysis) is 1. The second kappa shape index (κ2) is 8.86. The van der Waals surface area contributed by atoms with Crippen LogP contribution in [0.25, 0.3) is 11.6 Å². The maximum absolute atomic E-state index is 13.7. The highest BCUT2D eigenvalue weighted by Crippen LogP contribution is 2.35. The normalized spacial score (nSPS) is 14.2. The minimum atomic E-state index is -0.612. The summed E-state index contributed by atoms with van der Waals surface area (Å²) >= 11 is 0. The summed E-state index contributed by atoms with van der Waals surface area (Å²) in [6.45, 7) is 9.01. The Morgan fingerprint density at radius 1 is 1.22 bits per heavy atom. The van der Waals surface area contributed by atoms with Gasteiger partial charge in [-0.15, -0.1) is 0 Å². The molecule has 3 rings (SSSR count). The van der Waals surface area contributed by atoms with Gasteiger partial charge >= 0.3 is 6.09 Å². The molecule has 0 unspecified atom stereocenters. The number of ether oxygens (including phenoxy) is 1. The van der Waals surface area contributed by atoms with Crippen LogP contribution < -0.4 is 16.0 Å². The van der Waals surface area contributed by atoms with Crippen molar-refractivity contribution in [3.8, 4) is 0 Å². The van der Waals surface area contributed by atoms with Gasteiger partial charge in [-0.2, -0.15) is 0 Å². The Labute approximate surface area is 185 Å². The number of benzene rings is 1. The molecule has 0 saturated heterocycles. The molecule has 3 amide bonds. The zero-order valence-corrected chi connectivity index (χ0v) is 18.7. The summed E-state index contributed by atoms with van der Waals surface area (Å²) in [5.41, 5.74) is 3.43. The number of carbonyl (C=O) groups excluding carboxylic acids is 3. The van der Waals surface area contributed by atoms with Crippen LogP contribution >= 0.6 is 0 Å². The number of nitrogens with one attached hydrogen (secondary N) is 4. The first kappa shape index (κ1) is 23.1. The molecule has 0 atom stereocenters. The summed E-state index contributed by atoms with van der Waals surface area (Å²) < 4.78 is 18.8. The van der Waals surface area contributed by atoms with E-state index in [9.17, 15) is 18.8 Å². The number of carbonyl (C=O) groups is 3. The van der Waals surface area contributed by atoms with Crippen LogP contribution in [0.1, 0.15) is 49.7 Å². The summed E-state index contributed by atoms with van der Waals surface area (Å²) in [7, 11) is 0. The second-order valence-electron chi connectivity index (χ2n) is 8.59. The van der Waals surface area contributed by atoms with Crippen LogP contribution in [0, 0.1) is 19.7 Å². The quantitative estimate of drug-likeness (QED) is 0.522. The first-order valence-corrected chi connectivity index (χ1v) is 10.2. The highest BCUT2D eigenvalue weighted by Gasteiger charge is 2.25. The van der Waals surface area contributed by atoms with E-state index in [1.54, 1.807) is 33.8 Å². The van der Waals surface area contributed by atoms with Crippen molar-refractivity contribution >= 4 is 40.9 Å². The van der Waals surface area contributed by atoms with Crippen molar-refractivity contribution < 1.29 is 23.5 Å². The van der Waals surface area contributed by atoms with Crippen LogP contribution in [-0.2, 0) is 14.3 Å². The predicted octanol–water partition coefficient (Wildman–Crippen LogP) is 4.12. The lowest BCUT2D eigenvalue weighted by Gasteiger charge is -2.19. The third-order valence-electron chi connectivity index (χ3n) is 4.81. The summed E-state index contributed by atoms with van der Waals surface area (Å²) in [6, 6.07) is 4.12. The summed E-state index contributed by atoms with van der Waals surface area (Å²) in [5.74, 6) is -1.04. The van der Waals surface area contributed by atoms with E-state index in [0.717, 1.165) is 5.56 Å². The molecule has 1 aliphatic rings. The SMILES string of the molecule is Cc1[nH]c(/C=C2\C(=O)Nc3ccc(F)cc32)c(C)c1NC(=O)CCNC(=O)OC(C)(C)C. The van der Waals surface area contributed by atoms with Gasteiger partial charge in [0.05, 0.1) is 11.3 Å². The fourth-order valence-corrected chi connectivity index (χ4v) is 3.35. The lowest BCUT2D eigenvalue weighted by Crippen LogP contribution is -2.34.